The highest BCUT2D eigenvalue weighted by molar-refractivity contribution is 5.69. The number of aromatic nitrogens is 2. The first-order chi connectivity index (χ1) is 8.37. The lowest BCUT2D eigenvalue weighted by molar-refractivity contribution is -0.150. The Bertz CT molecular complexity index is 477. The van der Waals surface area contributed by atoms with Gasteiger partial charge in [-0.1, -0.05) is 0 Å². The smallest absolute Gasteiger partial charge is 0.363 e. The number of aldehydes is 1. The summed E-state index contributed by atoms with van der Waals surface area (Å²) in [6.45, 7) is 0. The van der Waals surface area contributed by atoms with Crippen LogP contribution in [0.4, 0.5) is 19.0 Å². The highest BCUT2D eigenvalue weighted by Gasteiger charge is 2.68. The molecule has 0 saturated heterocycles. The van der Waals surface area contributed by atoms with Gasteiger partial charge in [0, 0.05) is 11.0 Å². The van der Waals surface area contributed by atoms with Crippen molar-refractivity contribution in [2.75, 3.05) is 5.32 Å². The Morgan fingerprint density at radius 3 is 2.33 bits per heavy atom. The number of nitrogens with one attached hydrogen (secondary N) is 1. The molecule has 0 atom stereocenters. The molecule has 3 aliphatic rings. The molecular formula is C11H10F3N3O. The Morgan fingerprint density at radius 1 is 1.22 bits per heavy atom. The van der Waals surface area contributed by atoms with Crippen molar-refractivity contribution >= 4 is 12.1 Å². The first-order valence-electron chi connectivity index (χ1n) is 5.50. The molecule has 3 saturated carbocycles. The molecule has 0 radical (unpaired) electrons. The summed E-state index contributed by atoms with van der Waals surface area (Å²) in [7, 11) is 0. The lowest BCUT2D eigenvalue weighted by atomic mass is 9.40. The summed E-state index contributed by atoms with van der Waals surface area (Å²) >= 11 is 0. The zero-order chi connectivity index (χ0) is 13.0. The summed E-state index contributed by atoms with van der Waals surface area (Å²) in [6.07, 6.45) is 0.475. The normalized spacial score (nSPS) is 33.3. The van der Waals surface area contributed by atoms with Gasteiger partial charge in [-0.3, -0.25) is 0 Å². The van der Waals surface area contributed by atoms with Crippen molar-refractivity contribution in [1.82, 2.24) is 9.97 Å². The van der Waals surface area contributed by atoms with Crippen molar-refractivity contribution in [3.63, 3.8) is 0 Å². The standard InChI is InChI=1S/C11H10F3N3O/c12-11(13,14)7-1-16-8(2-15-7)17-10-3-9(4-10,5-10)6-18/h1-2,6H,3-5H2,(H,16,17). The van der Waals surface area contributed by atoms with Crippen molar-refractivity contribution in [3.8, 4) is 0 Å². The Morgan fingerprint density at radius 2 is 1.89 bits per heavy atom. The fraction of sp³-hybridized carbons (Fsp3) is 0.545. The molecule has 0 aromatic carbocycles. The van der Waals surface area contributed by atoms with E-state index in [1.54, 1.807) is 0 Å². The lowest BCUT2D eigenvalue weighted by Gasteiger charge is -2.68. The fourth-order valence-electron chi connectivity index (χ4n) is 2.93. The molecule has 18 heavy (non-hydrogen) atoms. The highest BCUT2D eigenvalue weighted by atomic mass is 19.4. The lowest BCUT2D eigenvalue weighted by Crippen LogP contribution is -2.71. The number of carbonyl (C=O) groups is 1. The summed E-state index contributed by atoms with van der Waals surface area (Å²) in [5.41, 5.74) is -1.35. The molecule has 1 N–H and O–H groups in total. The van der Waals surface area contributed by atoms with Gasteiger partial charge in [0.15, 0.2) is 5.69 Å². The van der Waals surface area contributed by atoms with Crippen molar-refractivity contribution in [3.05, 3.63) is 18.1 Å². The van der Waals surface area contributed by atoms with Crippen LogP contribution in [0, 0.1) is 5.41 Å². The molecule has 3 aliphatic carbocycles. The van der Waals surface area contributed by atoms with Gasteiger partial charge in [-0.15, -0.1) is 0 Å². The molecule has 0 aliphatic heterocycles. The third kappa shape index (κ3) is 1.57. The Labute approximate surface area is 101 Å². The topological polar surface area (TPSA) is 54.9 Å². The van der Waals surface area contributed by atoms with E-state index in [4.69, 9.17) is 0 Å². The van der Waals surface area contributed by atoms with E-state index in [1.165, 1.54) is 0 Å². The molecule has 7 heteroatoms. The molecule has 0 amide bonds. The maximum atomic E-state index is 12.3. The molecule has 0 spiro atoms. The second-order valence-corrected chi connectivity index (χ2v) is 5.20. The highest BCUT2D eigenvalue weighted by Crippen LogP contribution is 2.66. The summed E-state index contributed by atoms with van der Waals surface area (Å²) < 4.78 is 36.8. The Hall–Kier alpha value is -1.66. The molecule has 1 aromatic rings. The van der Waals surface area contributed by atoms with Gasteiger partial charge in [0.05, 0.1) is 12.4 Å². The van der Waals surface area contributed by atoms with E-state index in [-0.39, 0.29) is 11.0 Å². The predicted octanol–water partition coefficient (Wildman–Crippen LogP) is 2.03. The molecule has 96 valence electrons. The third-order valence-corrected chi connectivity index (χ3v) is 3.66. The number of hydrogen-bond acceptors (Lipinski definition) is 4. The number of anilines is 1. The molecule has 1 aromatic heterocycles. The minimum Gasteiger partial charge on any atom is -0.363 e. The number of nitrogens with zero attached hydrogens (tertiary/aromatic N) is 2. The van der Waals surface area contributed by atoms with Gasteiger partial charge in [0.1, 0.15) is 12.1 Å². The van der Waals surface area contributed by atoms with Crippen LogP contribution in [0.15, 0.2) is 12.4 Å². The van der Waals surface area contributed by atoms with Gasteiger partial charge < -0.3 is 10.1 Å². The molecule has 4 nitrogen and oxygen atoms in total. The summed E-state index contributed by atoms with van der Waals surface area (Å²) in [6, 6.07) is 0. The number of alkyl halides is 3. The van der Waals surface area contributed by atoms with Crippen LogP contribution in [0.25, 0.3) is 0 Å². The van der Waals surface area contributed by atoms with E-state index < -0.39 is 11.9 Å². The van der Waals surface area contributed by atoms with Crippen LogP contribution in [0.5, 0.6) is 0 Å². The van der Waals surface area contributed by atoms with E-state index in [1.807, 2.05) is 0 Å². The second kappa shape index (κ2) is 3.21. The van der Waals surface area contributed by atoms with Gasteiger partial charge >= 0.3 is 6.18 Å². The maximum absolute atomic E-state index is 12.3. The molecular weight excluding hydrogens is 247 g/mol. The van der Waals surface area contributed by atoms with E-state index in [2.05, 4.69) is 15.3 Å². The quantitative estimate of drug-likeness (QED) is 0.842. The van der Waals surface area contributed by atoms with Crippen LogP contribution in [-0.2, 0) is 11.0 Å². The monoisotopic (exact) mass is 257 g/mol. The van der Waals surface area contributed by atoms with Gasteiger partial charge in [-0.25, -0.2) is 9.97 Å². The molecule has 4 rings (SSSR count). The van der Waals surface area contributed by atoms with E-state index in [9.17, 15) is 18.0 Å². The molecule has 0 unspecified atom stereocenters. The van der Waals surface area contributed by atoms with Crippen LogP contribution in [0.2, 0.25) is 0 Å². The zero-order valence-corrected chi connectivity index (χ0v) is 9.29. The van der Waals surface area contributed by atoms with E-state index >= 15 is 0 Å². The number of rotatable bonds is 3. The molecule has 3 fully saturated rings. The fourth-order valence-corrected chi connectivity index (χ4v) is 2.93. The minimum atomic E-state index is -4.47. The molecule has 2 bridgehead atoms. The summed E-state index contributed by atoms with van der Waals surface area (Å²) in [5, 5.41) is 3.06. The second-order valence-electron chi connectivity index (χ2n) is 5.20. The van der Waals surface area contributed by atoms with Gasteiger partial charge in [-0.05, 0) is 19.3 Å². The van der Waals surface area contributed by atoms with Gasteiger partial charge in [0.2, 0.25) is 0 Å². The number of halogens is 3. The number of carbonyl (C=O) groups excluding carboxylic acids is 1. The van der Waals surface area contributed by atoms with Crippen molar-refractivity contribution in [1.29, 1.82) is 0 Å². The van der Waals surface area contributed by atoms with Crippen LogP contribution in [0.1, 0.15) is 25.0 Å². The number of hydrogen-bond donors (Lipinski definition) is 1. The Kier molecular flexibility index (Phi) is 2.04. The van der Waals surface area contributed by atoms with Crippen molar-refractivity contribution in [2.24, 2.45) is 5.41 Å². The SMILES string of the molecule is O=CC12CC(Nc3cnc(C(F)(F)F)cn3)(C1)C2. The largest absolute Gasteiger partial charge is 0.434 e. The minimum absolute atomic E-state index is 0.157. The van der Waals surface area contributed by atoms with Crippen molar-refractivity contribution in [2.45, 2.75) is 31.0 Å². The van der Waals surface area contributed by atoms with Gasteiger partial charge in [-0.2, -0.15) is 13.2 Å². The predicted molar refractivity (Wildman–Crippen MR) is 55.7 cm³/mol. The average Bonchev–Trinajstić information content (AvgIpc) is 2.20. The average molecular weight is 257 g/mol. The maximum Gasteiger partial charge on any atom is 0.434 e. The Balaban J connectivity index is 1.67. The summed E-state index contributed by atoms with van der Waals surface area (Å²) in [5.74, 6) is 0.321. The molecule has 1 heterocycles. The summed E-state index contributed by atoms with van der Waals surface area (Å²) in [4.78, 5) is 17.7. The van der Waals surface area contributed by atoms with Crippen LogP contribution in [-0.4, -0.2) is 21.8 Å². The van der Waals surface area contributed by atoms with Crippen molar-refractivity contribution < 1.29 is 18.0 Å². The first kappa shape index (κ1) is 11.4. The van der Waals surface area contributed by atoms with Gasteiger partial charge in [0.25, 0.3) is 0 Å². The third-order valence-electron chi connectivity index (χ3n) is 3.66. The van der Waals surface area contributed by atoms with Crippen LogP contribution < -0.4 is 5.32 Å². The first-order valence-corrected chi connectivity index (χ1v) is 5.50. The van der Waals surface area contributed by atoms with E-state index in [0.29, 0.717) is 12.0 Å². The van der Waals surface area contributed by atoms with Crippen LogP contribution >= 0.6 is 0 Å². The van der Waals surface area contributed by atoms with Crippen LogP contribution in [0.3, 0.4) is 0 Å². The van der Waals surface area contributed by atoms with E-state index in [0.717, 1.165) is 31.7 Å². The zero-order valence-electron chi connectivity index (χ0n) is 9.29.